The fourth-order valence-electron chi connectivity index (χ4n) is 1.52. The molecule has 0 aliphatic heterocycles. The number of esters is 1. The third-order valence-electron chi connectivity index (χ3n) is 2.54. The third-order valence-corrected chi connectivity index (χ3v) is 4.05. The Morgan fingerprint density at radius 3 is 2.60 bits per heavy atom. The Balaban J connectivity index is 2.96. The summed E-state index contributed by atoms with van der Waals surface area (Å²) >= 11 is 1.66. The number of benzene rings is 1. The normalized spacial score (nSPS) is 11.1. The van der Waals surface area contributed by atoms with Crippen LogP contribution in [0.4, 0.5) is 0 Å². The van der Waals surface area contributed by atoms with Gasteiger partial charge in [0.2, 0.25) is 0 Å². The molecule has 20 heavy (non-hydrogen) atoms. The first kappa shape index (κ1) is 16.5. The summed E-state index contributed by atoms with van der Waals surface area (Å²) in [6, 6.07) is 5.80. The largest absolute Gasteiger partial charge is 0.466 e. The molecule has 0 atom stereocenters. The van der Waals surface area contributed by atoms with Gasteiger partial charge in [0.1, 0.15) is 0 Å². The van der Waals surface area contributed by atoms with Crippen molar-refractivity contribution in [1.82, 2.24) is 0 Å². The summed E-state index contributed by atoms with van der Waals surface area (Å²) < 4.78 is 4.49. The van der Waals surface area contributed by atoms with Crippen LogP contribution in [-0.4, -0.2) is 24.6 Å². The lowest BCUT2D eigenvalue weighted by Gasteiger charge is -2.09. The van der Waals surface area contributed by atoms with E-state index in [2.05, 4.69) is 18.6 Å². The van der Waals surface area contributed by atoms with E-state index in [0.717, 1.165) is 22.3 Å². The Hall–Kier alpha value is -1.55. The maximum absolute atomic E-state index is 12.2. The molecule has 0 radical (unpaired) electrons. The number of ketones is 1. The predicted molar refractivity (Wildman–Crippen MR) is 82.2 cm³/mol. The number of hydrogen-bond donors (Lipinski definition) is 0. The van der Waals surface area contributed by atoms with Gasteiger partial charge in [-0.3, -0.25) is 4.79 Å². The van der Waals surface area contributed by atoms with E-state index in [0.29, 0.717) is 11.5 Å². The van der Waals surface area contributed by atoms with Crippen molar-refractivity contribution >= 4 is 23.5 Å². The van der Waals surface area contributed by atoms with Crippen LogP contribution in [0, 0.1) is 12.8 Å². The van der Waals surface area contributed by atoms with E-state index < -0.39 is 5.97 Å². The Morgan fingerprint density at radius 1 is 1.30 bits per heavy atom. The van der Waals surface area contributed by atoms with Crippen LogP contribution >= 0.6 is 11.8 Å². The van der Waals surface area contributed by atoms with E-state index in [1.54, 1.807) is 11.8 Å². The SMILES string of the molecule is COC(=O)/C=C/C(=O)c1cc(C)ccc1SCC(C)C. The molecular formula is C16H20O3S. The number of methoxy groups -OCH3 is 1. The monoisotopic (exact) mass is 292 g/mol. The van der Waals surface area contributed by atoms with E-state index in [1.165, 1.54) is 13.2 Å². The highest BCUT2D eigenvalue weighted by atomic mass is 32.2. The van der Waals surface area contributed by atoms with Crippen molar-refractivity contribution in [3.63, 3.8) is 0 Å². The molecule has 0 bridgehead atoms. The van der Waals surface area contributed by atoms with Gasteiger partial charge in [0.05, 0.1) is 7.11 Å². The molecule has 3 nitrogen and oxygen atoms in total. The molecule has 0 aromatic heterocycles. The summed E-state index contributed by atoms with van der Waals surface area (Å²) in [5, 5.41) is 0. The van der Waals surface area contributed by atoms with Crippen LogP contribution in [0.25, 0.3) is 0 Å². The molecule has 1 aromatic rings. The molecule has 0 amide bonds. The van der Waals surface area contributed by atoms with Gasteiger partial charge >= 0.3 is 5.97 Å². The molecule has 0 aliphatic carbocycles. The van der Waals surface area contributed by atoms with Crippen molar-refractivity contribution in [2.75, 3.05) is 12.9 Å². The molecule has 0 aliphatic rings. The van der Waals surface area contributed by atoms with Crippen molar-refractivity contribution in [3.05, 3.63) is 41.5 Å². The van der Waals surface area contributed by atoms with E-state index in [-0.39, 0.29) is 5.78 Å². The smallest absolute Gasteiger partial charge is 0.330 e. The Bertz CT molecular complexity index is 518. The minimum absolute atomic E-state index is 0.176. The molecule has 0 saturated heterocycles. The van der Waals surface area contributed by atoms with Crippen LogP contribution in [0.5, 0.6) is 0 Å². The molecule has 0 unspecified atom stereocenters. The topological polar surface area (TPSA) is 43.4 Å². The lowest BCUT2D eigenvalue weighted by molar-refractivity contribution is -0.134. The van der Waals surface area contributed by atoms with Gasteiger partial charge in [-0.1, -0.05) is 25.5 Å². The molecule has 0 spiro atoms. The van der Waals surface area contributed by atoms with Crippen molar-refractivity contribution in [2.24, 2.45) is 5.92 Å². The Morgan fingerprint density at radius 2 is 2.00 bits per heavy atom. The number of hydrogen-bond acceptors (Lipinski definition) is 4. The molecule has 1 aromatic carbocycles. The molecule has 0 heterocycles. The van der Waals surface area contributed by atoms with Crippen molar-refractivity contribution < 1.29 is 14.3 Å². The summed E-state index contributed by atoms with van der Waals surface area (Å²) in [4.78, 5) is 24.2. The number of carbonyl (C=O) groups excluding carboxylic acids is 2. The molecular weight excluding hydrogens is 272 g/mol. The predicted octanol–water partition coefficient (Wildman–Crippen LogP) is 3.66. The summed E-state index contributed by atoms with van der Waals surface area (Å²) in [6.07, 6.45) is 2.42. The lowest BCUT2D eigenvalue weighted by atomic mass is 10.1. The van der Waals surface area contributed by atoms with E-state index in [1.807, 2.05) is 25.1 Å². The van der Waals surface area contributed by atoms with Gasteiger partial charge in [0, 0.05) is 22.3 Å². The number of rotatable bonds is 6. The third kappa shape index (κ3) is 5.21. The second kappa shape index (κ2) is 7.90. The second-order valence-electron chi connectivity index (χ2n) is 4.93. The van der Waals surface area contributed by atoms with Crippen LogP contribution in [-0.2, 0) is 9.53 Å². The maximum atomic E-state index is 12.2. The number of carbonyl (C=O) groups is 2. The van der Waals surface area contributed by atoms with Crippen molar-refractivity contribution in [3.8, 4) is 0 Å². The van der Waals surface area contributed by atoms with E-state index >= 15 is 0 Å². The minimum atomic E-state index is -0.526. The molecule has 4 heteroatoms. The van der Waals surface area contributed by atoms with E-state index in [9.17, 15) is 9.59 Å². The minimum Gasteiger partial charge on any atom is -0.466 e. The summed E-state index contributed by atoms with van der Waals surface area (Å²) in [5.74, 6) is 0.798. The van der Waals surface area contributed by atoms with Crippen molar-refractivity contribution in [2.45, 2.75) is 25.7 Å². The standard InChI is InChI=1S/C16H20O3S/c1-11(2)10-20-15-7-5-12(3)9-13(15)14(17)6-8-16(18)19-4/h5-9,11H,10H2,1-4H3/b8-6+. The van der Waals surface area contributed by atoms with Gasteiger partial charge in [-0.05, 0) is 31.1 Å². The zero-order valence-corrected chi connectivity index (χ0v) is 13.1. The van der Waals surface area contributed by atoms with Crippen LogP contribution in [0.1, 0.15) is 29.8 Å². The first-order valence-corrected chi connectivity index (χ1v) is 7.46. The first-order valence-electron chi connectivity index (χ1n) is 6.48. The van der Waals surface area contributed by atoms with Gasteiger partial charge in [-0.15, -0.1) is 11.8 Å². The van der Waals surface area contributed by atoms with Crippen LogP contribution in [0.15, 0.2) is 35.2 Å². The molecule has 0 saturated carbocycles. The van der Waals surface area contributed by atoms with Crippen molar-refractivity contribution in [1.29, 1.82) is 0 Å². The Labute approximate surface area is 124 Å². The molecule has 0 fully saturated rings. The average molecular weight is 292 g/mol. The fraction of sp³-hybridized carbons (Fsp3) is 0.375. The lowest BCUT2D eigenvalue weighted by Crippen LogP contribution is -2.02. The second-order valence-corrected chi connectivity index (χ2v) is 5.99. The molecule has 0 N–H and O–H groups in total. The van der Waals surface area contributed by atoms with Crippen LogP contribution in [0.2, 0.25) is 0 Å². The molecule has 108 valence electrons. The highest BCUT2D eigenvalue weighted by molar-refractivity contribution is 7.99. The fourth-order valence-corrected chi connectivity index (χ4v) is 2.51. The first-order chi connectivity index (χ1) is 9.43. The number of thioether (sulfide) groups is 1. The Kier molecular flexibility index (Phi) is 6.52. The van der Waals surface area contributed by atoms with E-state index in [4.69, 9.17) is 0 Å². The highest BCUT2D eigenvalue weighted by Crippen LogP contribution is 2.26. The van der Waals surface area contributed by atoms with Gasteiger partial charge in [-0.25, -0.2) is 4.79 Å². The summed E-state index contributed by atoms with van der Waals surface area (Å²) in [7, 11) is 1.29. The zero-order valence-electron chi connectivity index (χ0n) is 12.3. The average Bonchev–Trinajstić information content (AvgIpc) is 2.42. The van der Waals surface area contributed by atoms with Gasteiger partial charge in [0.25, 0.3) is 0 Å². The van der Waals surface area contributed by atoms with Gasteiger partial charge in [0.15, 0.2) is 5.78 Å². The number of aryl methyl sites for hydroxylation is 1. The highest BCUT2D eigenvalue weighted by Gasteiger charge is 2.11. The quantitative estimate of drug-likeness (QED) is 0.347. The maximum Gasteiger partial charge on any atom is 0.330 e. The number of allylic oxidation sites excluding steroid dienone is 1. The summed E-state index contributed by atoms with van der Waals surface area (Å²) in [6.45, 7) is 6.22. The van der Waals surface area contributed by atoms with Crippen LogP contribution < -0.4 is 0 Å². The summed E-state index contributed by atoms with van der Waals surface area (Å²) in [5.41, 5.74) is 1.66. The van der Waals surface area contributed by atoms with Gasteiger partial charge in [-0.2, -0.15) is 0 Å². The number of ether oxygens (including phenoxy) is 1. The zero-order chi connectivity index (χ0) is 15.1. The molecule has 1 rings (SSSR count). The van der Waals surface area contributed by atoms with Gasteiger partial charge < -0.3 is 4.74 Å². The van der Waals surface area contributed by atoms with Crippen LogP contribution in [0.3, 0.4) is 0 Å².